The summed E-state index contributed by atoms with van der Waals surface area (Å²) in [5, 5.41) is 12.1. The molecule has 0 aromatic rings. The Bertz CT molecular complexity index is 343. The SMILES string of the molecule is CC1(C)C(C(=O)O)C1C(=O)NC1CCCCCC1. The summed E-state index contributed by atoms with van der Waals surface area (Å²) >= 11 is 0. The Morgan fingerprint density at radius 3 is 2.06 bits per heavy atom. The fourth-order valence-electron chi connectivity index (χ4n) is 3.30. The molecule has 0 spiro atoms. The Labute approximate surface area is 108 Å². The van der Waals surface area contributed by atoms with E-state index in [4.69, 9.17) is 5.11 Å². The number of carboxylic acids is 1. The van der Waals surface area contributed by atoms with E-state index in [1.165, 1.54) is 25.7 Å². The normalized spacial score (nSPS) is 31.4. The van der Waals surface area contributed by atoms with Crippen molar-refractivity contribution in [3.8, 4) is 0 Å². The van der Waals surface area contributed by atoms with Gasteiger partial charge in [-0.1, -0.05) is 39.5 Å². The van der Waals surface area contributed by atoms with Gasteiger partial charge in [0.15, 0.2) is 0 Å². The van der Waals surface area contributed by atoms with Crippen LogP contribution in [0.25, 0.3) is 0 Å². The lowest BCUT2D eigenvalue weighted by atomic mass is 10.1. The lowest BCUT2D eigenvalue weighted by Gasteiger charge is -2.16. The lowest BCUT2D eigenvalue weighted by molar-refractivity contribution is -0.140. The number of aliphatic carboxylic acids is 1. The van der Waals surface area contributed by atoms with Crippen molar-refractivity contribution in [1.82, 2.24) is 5.32 Å². The molecule has 2 saturated carbocycles. The molecular formula is C14H23NO3. The summed E-state index contributed by atoms with van der Waals surface area (Å²) in [5.41, 5.74) is -0.388. The van der Waals surface area contributed by atoms with Crippen LogP contribution in [0.15, 0.2) is 0 Å². The van der Waals surface area contributed by atoms with Crippen molar-refractivity contribution in [3.63, 3.8) is 0 Å². The van der Waals surface area contributed by atoms with E-state index in [-0.39, 0.29) is 23.3 Å². The van der Waals surface area contributed by atoms with Gasteiger partial charge in [-0.15, -0.1) is 0 Å². The molecule has 0 aromatic heterocycles. The molecule has 4 nitrogen and oxygen atoms in total. The number of carboxylic acid groups (broad SMARTS) is 1. The average Bonchev–Trinajstić information content (AvgIpc) is 2.92. The molecule has 4 heteroatoms. The topological polar surface area (TPSA) is 66.4 Å². The molecule has 0 aliphatic heterocycles. The quantitative estimate of drug-likeness (QED) is 0.758. The van der Waals surface area contributed by atoms with Crippen molar-refractivity contribution >= 4 is 11.9 Å². The number of carbonyl (C=O) groups excluding carboxylic acids is 1. The van der Waals surface area contributed by atoms with Gasteiger partial charge in [-0.3, -0.25) is 9.59 Å². The van der Waals surface area contributed by atoms with Crippen LogP contribution < -0.4 is 5.32 Å². The third-order valence-electron chi connectivity index (χ3n) is 4.58. The third-order valence-corrected chi connectivity index (χ3v) is 4.58. The van der Waals surface area contributed by atoms with Crippen LogP contribution >= 0.6 is 0 Å². The number of carbonyl (C=O) groups is 2. The minimum absolute atomic E-state index is 0.0562. The second-order valence-electron chi connectivity index (χ2n) is 6.31. The minimum Gasteiger partial charge on any atom is -0.481 e. The molecule has 0 saturated heterocycles. The van der Waals surface area contributed by atoms with E-state index in [0.29, 0.717) is 0 Å². The molecule has 2 fully saturated rings. The van der Waals surface area contributed by atoms with Crippen LogP contribution in [0, 0.1) is 17.3 Å². The zero-order valence-electron chi connectivity index (χ0n) is 11.2. The summed E-state index contributed by atoms with van der Waals surface area (Å²) in [4.78, 5) is 23.2. The Balaban J connectivity index is 1.90. The zero-order valence-corrected chi connectivity index (χ0v) is 11.2. The van der Waals surface area contributed by atoms with Crippen LogP contribution in [0.3, 0.4) is 0 Å². The maximum atomic E-state index is 12.1. The maximum absolute atomic E-state index is 12.1. The second-order valence-corrected chi connectivity index (χ2v) is 6.31. The number of hydrogen-bond acceptors (Lipinski definition) is 2. The van der Waals surface area contributed by atoms with E-state index in [0.717, 1.165) is 12.8 Å². The van der Waals surface area contributed by atoms with Gasteiger partial charge in [-0.2, -0.15) is 0 Å². The first-order valence-corrected chi connectivity index (χ1v) is 6.98. The predicted molar refractivity (Wildman–Crippen MR) is 68.0 cm³/mol. The monoisotopic (exact) mass is 253 g/mol. The highest BCUT2D eigenvalue weighted by Gasteiger charge is 2.65. The van der Waals surface area contributed by atoms with Crippen molar-refractivity contribution in [1.29, 1.82) is 0 Å². The van der Waals surface area contributed by atoms with Gasteiger partial charge in [0.25, 0.3) is 0 Å². The summed E-state index contributed by atoms with van der Waals surface area (Å²) in [6.07, 6.45) is 6.91. The summed E-state index contributed by atoms with van der Waals surface area (Å²) in [6.45, 7) is 3.73. The Morgan fingerprint density at radius 1 is 1.06 bits per heavy atom. The highest BCUT2D eigenvalue weighted by molar-refractivity contribution is 5.91. The smallest absolute Gasteiger partial charge is 0.307 e. The summed E-state index contributed by atoms with van der Waals surface area (Å²) in [6, 6.07) is 0.255. The first-order valence-electron chi connectivity index (χ1n) is 6.98. The first-order chi connectivity index (χ1) is 8.44. The van der Waals surface area contributed by atoms with Gasteiger partial charge in [-0.05, 0) is 18.3 Å². The van der Waals surface area contributed by atoms with Gasteiger partial charge in [0.2, 0.25) is 5.91 Å². The molecule has 18 heavy (non-hydrogen) atoms. The molecule has 2 aliphatic rings. The molecule has 0 bridgehead atoms. The van der Waals surface area contributed by atoms with Crippen LogP contribution in [0.2, 0.25) is 0 Å². The number of amides is 1. The number of rotatable bonds is 3. The first kappa shape index (κ1) is 13.4. The third kappa shape index (κ3) is 2.52. The standard InChI is InChI=1S/C14H23NO3/c1-14(2)10(11(14)13(17)18)12(16)15-9-7-5-3-4-6-8-9/h9-11H,3-8H2,1-2H3,(H,15,16)(H,17,18). The van der Waals surface area contributed by atoms with Gasteiger partial charge < -0.3 is 10.4 Å². The Hall–Kier alpha value is -1.06. The molecule has 2 unspecified atom stereocenters. The van der Waals surface area contributed by atoms with Crippen LogP contribution in [0.1, 0.15) is 52.4 Å². The Kier molecular flexibility index (Phi) is 3.64. The summed E-state index contributed by atoms with van der Waals surface area (Å²) < 4.78 is 0. The molecule has 102 valence electrons. The average molecular weight is 253 g/mol. The van der Waals surface area contributed by atoms with Crippen LogP contribution in [-0.4, -0.2) is 23.0 Å². The van der Waals surface area contributed by atoms with E-state index in [1.807, 2.05) is 13.8 Å². The van der Waals surface area contributed by atoms with Crippen LogP contribution in [0.5, 0.6) is 0 Å². The lowest BCUT2D eigenvalue weighted by Crippen LogP contribution is -2.36. The van der Waals surface area contributed by atoms with E-state index < -0.39 is 11.9 Å². The fourth-order valence-corrected chi connectivity index (χ4v) is 3.30. The number of hydrogen-bond donors (Lipinski definition) is 2. The highest BCUT2D eigenvalue weighted by Crippen LogP contribution is 2.58. The van der Waals surface area contributed by atoms with Crippen LogP contribution in [-0.2, 0) is 9.59 Å². The van der Waals surface area contributed by atoms with E-state index in [1.54, 1.807) is 0 Å². The Morgan fingerprint density at radius 2 is 1.61 bits per heavy atom. The maximum Gasteiger partial charge on any atom is 0.307 e. The minimum atomic E-state index is -0.846. The number of nitrogens with one attached hydrogen (secondary N) is 1. The van der Waals surface area contributed by atoms with Gasteiger partial charge >= 0.3 is 5.97 Å². The van der Waals surface area contributed by atoms with Crippen molar-refractivity contribution in [2.75, 3.05) is 0 Å². The van der Waals surface area contributed by atoms with Gasteiger partial charge in [0, 0.05) is 6.04 Å². The molecule has 2 rings (SSSR count). The molecule has 2 atom stereocenters. The predicted octanol–water partition coefficient (Wildman–Crippen LogP) is 2.18. The summed E-state index contributed by atoms with van der Waals surface area (Å²) in [5.74, 6) is -1.76. The highest BCUT2D eigenvalue weighted by atomic mass is 16.4. The second kappa shape index (κ2) is 4.90. The van der Waals surface area contributed by atoms with Gasteiger partial charge in [0.1, 0.15) is 0 Å². The van der Waals surface area contributed by atoms with Crippen molar-refractivity contribution in [2.45, 2.75) is 58.4 Å². The molecule has 0 aromatic carbocycles. The largest absolute Gasteiger partial charge is 0.481 e. The molecule has 0 radical (unpaired) electrons. The van der Waals surface area contributed by atoms with Crippen LogP contribution in [0.4, 0.5) is 0 Å². The summed E-state index contributed by atoms with van der Waals surface area (Å²) in [7, 11) is 0. The van der Waals surface area contributed by atoms with E-state index in [2.05, 4.69) is 5.32 Å². The molecule has 0 heterocycles. The van der Waals surface area contributed by atoms with Gasteiger partial charge in [0.05, 0.1) is 11.8 Å². The molecule has 2 N–H and O–H groups in total. The van der Waals surface area contributed by atoms with Crippen molar-refractivity contribution in [2.24, 2.45) is 17.3 Å². The van der Waals surface area contributed by atoms with Crippen molar-refractivity contribution < 1.29 is 14.7 Å². The van der Waals surface area contributed by atoms with E-state index >= 15 is 0 Å². The van der Waals surface area contributed by atoms with Gasteiger partial charge in [-0.25, -0.2) is 0 Å². The molecule has 2 aliphatic carbocycles. The van der Waals surface area contributed by atoms with Crippen molar-refractivity contribution in [3.05, 3.63) is 0 Å². The zero-order chi connectivity index (χ0) is 13.3. The molecule has 1 amide bonds. The fraction of sp³-hybridized carbons (Fsp3) is 0.857. The van der Waals surface area contributed by atoms with E-state index in [9.17, 15) is 9.59 Å². The molecular weight excluding hydrogens is 230 g/mol.